The lowest BCUT2D eigenvalue weighted by Crippen LogP contribution is -2.20. The van der Waals surface area contributed by atoms with Gasteiger partial charge in [0.1, 0.15) is 19.0 Å². The van der Waals surface area contributed by atoms with Gasteiger partial charge in [-0.15, -0.1) is 10.2 Å². The first-order valence-electron chi connectivity index (χ1n) is 7.48. The van der Waals surface area contributed by atoms with Crippen LogP contribution in [0, 0.1) is 6.92 Å². The standard InChI is InChI=1S/C16H17N5O2/c1-11-18-19-16-15(17-5-6-21(11)16)20(2)10-12-3-4-13-14(9-12)23-8-7-22-13/h3-6,9H,7-8,10H2,1-2H3. The number of ether oxygens (including phenoxy) is 2. The largest absolute Gasteiger partial charge is 0.486 e. The molecule has 0 fully saturated rings. The van der Waals surface area contributed by atoms with Crippen LogP contribution in [0.25, 0.3) is 5.65 Å². The van der Waals surface area contributed by atoms with Gasteiger partial charge in [-0.25, -0.2) is 4.98 Å². The van der Waals surface area contributed by atoms with Gasteiger partial charge < -0.3 is 14.4 Å². The molecule has 0 amide bonds. The van der Waals surface area contributed by atoms with Crippen molar-refractivity contribution >= 4 is 11.5 Å². The summed E-state index contributed by atoms with van der Waals surface area (Å²) in [5.41, 5.74) is 1.88. The quantitative estimate of drug-likeness (QED) is 0.735. The molecule has 3 heterocycles. The van der Waals surface area contributed by atoms with Gasteiger partial charge in [0, 0.05) is 26.0 Å². The molecule has 0 aliphatic carbocycles. The molecule has 0 spiro atoms. The highest BCUT2D eigenvalue weighted by Gasteiger charge is 2.15. The molecule has 0 atom stereocenters. The number of aromatic nitrogens is 4. The van der Waals surface area contributed by atoms with Crippen molar-refractivity contribution in [2.24, 2.45) is 0 Å². The number of hydrogen-bond acceptors (Lipinski definition) is 6. The van der Waals surface area contributed by atoms with Gasteiger partial charge in [-0.2, -0.15) is 0 Å². The Kier molecular flexibility index (Phi) is 3.25. The molecular formula is C16H17N5O2. The first kappa shape index (κ1) is 13.8. The van der Waals surface area contributed by atoms with Crippen molar-refractivity contribution < 1.29 is 9.47 Å². The topological polar surface area (TPSA) is 64.8 Å². The SMILES string of the molecule is Cc1nnc2c(N(C)Cc3ccc4c(c3)OCCO4)nccn12. The van der Waals surface area contributed by atoms with E-state index in [9.17, 15) is 0 Å². The predicted molar refractivity (Wildman–Crippen MR) is 85.1 cm³/mol. The fourth-order valence-electron chi connectivity index (χ4n) is 2.73. The molecule has 7 heteroatoms. The van der Waals surface area contributed by atoms with E-state index < -0.39 is 0 Å². The van der Waals surface area contributed by atoms with Gasteiger partial charge in [0.05, 0.1) is 0 Å². The molecule has 3 aromatic rings. The number of nitrogens with zero attached hydrogens (tertiary/aromatic N) is 5. The molecule has 0 unspecified atom stereocenters. The monoisotopic (exact) mass is 311 g/mol. The van der Waals surface area contributed by atoms with E-state index in [0.29, 0.717) is 19.8 Å². The lowest BCUT2D eigenvalue weighted by atomic mass is 10.2. The fourth-order valence-corrected chi connectivity index (χ4v) is 2.73. The molecule has 118 valence electrons. The summed E-state index contributed by atoms with van der Waals surface area (Å²) < 4.78 is 13.1. The summed E-state index contributed by atoms with van der Waals surface area (Å²) in [4.78, 5) is 6.50. The van der Waals surface area contributed by atoms with Crippen molar-refractivity contribution in [3.8, 4) is 11.5 Å². The lowest BCUT2D eigenvalue weighted by Gasteiger charge is -2.21. The molecule has 1 aromatic carbocycles. The van der Waals surface area contributed by atoms with Crippen LogP contribution in [-0.2, 0) is 6.54 Å². The second kappa shape index (κ2) is 5.42. The number of benzene rings is 1. The van der Waals surface area contributed by atoms with Crippen molar-refractivity contribution in [1.29, 1.82) is 0 Å². The van der Waals surface area contributed by atoms with E-state index in [0.717, 1.165) is 34.4 Å². The Hall–Kier alpha value is -2.83. The van der Waals surface area contributed by atoms with Crippen molar-refractivity contribution in [1.82, 2.24) is 19.6 Å². The smallest absolute Gasteiger partial charge is 0.203 e. The third-order valence-corrected chi connectivity index (χ3v) is 3.87. The molecule has 2 aromatic heterocycles. The summed E-state index contributed by atoms with van der Waals surface area (Å²) in [7, 11) is 1.99. The highest BCUT2D eigenvalue weighted by molar-refractivity contribution is 5.63. The first-order chi connectivity index (χ1) is 11.2. The normalized spacial score (nSPS) is 13.3. The summed E-state index contributed by atoms with van der Waals surface area (Å²) in [5.74, 6) is 3.24. The number of anilines is 1. The van der Waals surface area contributed by atoms with E-state index in [1.165, 1.54) is 0 Å². The van der Waals surface area contributed by atoms with E-state index in [-0.39, 0.29) is 0 Å². The highest BCUT2D eigenvalue weighted by Crippen LogP contribution is 2.31. The number of aryl methyl sites for hydroxylation is 1. The van der Waals surface area contributed by atoms with E-state index in [2.05, 4.69) is 20.1 Å². The average Bonchev–Trinajstić information content (AvgIpc) is 2.96. The van der Waals surface area contributed by atoms with Crippen LogP contribution < -0.4 is 14.4 Å². The van der Waals surface area contributed by atoms with Crippen LogP contribution in [0.1, 0.15) is 11.4 Å². The second-order valence-electron chi connectivity index (χ2n) is 5.53. The van der Waals surface area contributed by atoms with Crippen LogP contribution in [0.4, 0.5) is 5.82 Å². The summed E-state index contributed by atoms with van der Waals surface area (Å²) >= 11 is 0. The minimum absolute atomic E-state index is 0.589. The third kappa shape index (κ3) is 2.44. The summed E-state index contributed by atoms with van der Waals surface area (Å²) in [5, 5.41) is 8.33. The van der Waals surface area contributed by atoms with Crippen LogP contribution in [0.15, 0.2) is 30.6 Å². The molecule has 0 N–H and O–H groups in total. The Balaban J connectivity index is 1.63. The van der Waals surface area contributed by atoms with Gasteiger partial charge in [0.2, 0.25) is 5.65 Å². The van der Waals surface area contributed by atoms with Crippen LogP contribution in [0.5, 0.6) is 11.5 Å². The van der Waals surface area contributed by atoms with E-state index in [1.54, 1.807) is 6.20 Å². The van der Waals surface area contributed by atoms with Crippen LogP contribution in [0.2, 0.25) is 0 Å². The average molecular weight is 311 g/mol. The molecule has 0 saturated carbocycles. The molecule has 0 radical (unpaired) electrons. The zero-order chi connectivity index (χ0) is 15.8. The summed E-state index contributed by atoms with van der Waals surface area (Å²) in [6.07, 6.45) is 3.63. The van der Waals surface area contributed by atoms with E-state index in [4.69, 9.17) is 9.47 Å². The Bertz CT molecular complexity index is 861. The molecule has 0 saturated heterocycles. The number of fused-ring (bicyclic) bond motifs is 2. The maximum Gasteiger partial charge on any atom is 0.203 e. The zero-order valence-corrected chi connectivity index (χ0v) is 13.1. The first-order valence-corrected chi connectivity index (χ1v) is 7.48. The van der Waals surface area contributed by atoms with E-state index in [1.807, 2.05) is 42.8 Å². The predicted octanol–water partition coefficient (Wildman–Crippen LogP) is 1.84. The van der Waals surface area contributed by atoms with Gasteiger partial charge in [-0.05, 0) is 24.6 Å². The fraction of sp³-hybridized carbons (Fsp3) is 0.312. The van der Waals surface area contributed by atoms with Gasteiger partial charge in [0.25, 0.3) is 0 Å². The molecular weight excluding hydrogens is 294 g/mol. The van der Waals surface area contributed by atoms with Crippen LogP contribution in [-0.4, -0.2) is 39.8 Å². The van der Waals surface area contributed by atoms with Gasteiger partial charge in [-0.3, -0.25) is 4.40 Å². The Morgan fingerprint density at radius 1 is 1.17 bits per heavy atom. The lowest BCUT2D eigenvalue weighted by molar-refractivity contribution is 0.171. The third-order valence-electron chi connectivity index (χ3n) is 3.87. The van der Waals surface area contributed by atoms with Crippen LogP contribution >= 0.6 is 0 Å². The Morgan fingerprint density at radius 3 is 2.87 bits per heavy atom. The van der Waals surface area contributed by atoms with Crippen molar-refractivity contribution in [2.75, 3.05) is 25.2 Å². The van der Waals surface area contributed by atoms with Gasteiger partial charge in [-0.1, -0.05) is 6.07 Å². The zero-order valence-electron chi connectivity index (χ0n) is 13.1. The van der Waals surface area contributed by atoms with Crippen LogP contribution in [0.3, 0.4) is 0 Å². The minimum atomic E-state index is 0.589. The van der Waals surface area contributed by atoms with Gasteiger partial charge >= 0.3 is 0 Å². The summed E-state index contributed by atoms with van der Waals surface area (Å²) in [6, 6.07) is 6.01. The van der Waals surface area contributed by atoms with Crippen molar-refractivity contribution in [3.05, 3.63) is 42.0 Å². The van der Waals surface area contributed by atoms with Crippen molar-refractivity contribution in [3.63, 3.8) is 0 Å². The molecule has 1 aliphatic heterocycles. The molecule has 23 heavy (non-hydrogen) atoms. The van der Waals surface area contributed by atoms with E-state index >= 15 is 0 Å². The molecule has 0 bridgehead atoms. The molecule has 1 aliphatic rings. The Morgan fingerprint density at radius 2 is 2.00 bits per heavy atom. The molecule has 4 rings (SSSR count). The molecule has 7 nitrogen and oxygen atoms in total. The highest BCUT2D eigenvalue weighted by atomic mass is 16.6. The number of rotatable bonds is 3. The van der Waals surface area contributed by atoms with Gasteiger partial charge in [0.15, 0.2) is 17.3 Å². The summed E-state index contributed by atoms with van der Waals surface area (Å²) in [6.45, 7) is 3.80. The minimum Gasteiger partial charge on any atom is -0.486 e. The maximum atomic E-state index is 5.64. The maximum absolute atomic E-state index is 5.64. The van der Waals surface area contributed by atoms with Crippen molar-refractivity contribution in [2.45, 2.75) is 13.5 Å². The second-order valence-corrected chi connectivity index (χ2v) is 5.53. The number of hydrogen-bond donors (Lipinski definition) is 0. The Labute approximate surface area is 133 Å².